The maximum absolute atomic E-state index is 14.3. The summed E-state index contributed by atoms with van der Waals surface area (Å²) in [6, 6.07) is 6.26. The Labute approximate surface area is 137 Å². The Kier molecular flexibility index (Phi) is 4.44. The standard InChI is InChI=1S/C17H16F2N2O3/c18-12-5-1-3-9(14(12)19)10-6-7-13(22)16-11(4-2-8-20-16)15(10)21-17(23)24/h1-5,8,10,13,15,21-22H,6-7H2,(H,23,24)/t10-,13+,15+/m1/s1. The van der Waals surface area contributed by atoms with E-state index < -0.39 is 35.8 Å². The second-order valence-electron chi connectivity index (χ2n) is 5.75. The smallest absolute Gasteiger partial charge is 0.405 e. The number of aliphatic hydroxyl groups excluding tert-OH is 1. The largest absolute Gasteiger partial charge is 0.465 e. The van der Waals surface area contributed by atoms with Crippen LogP contribution in [0.2, 0.25) is 0 Å². The molecule has 2 aromatic rings. The Morgan fingerprint density at radius 1 is 1.17 bits per heavy atom. The number of benzene rings is 1. The first-order chi connectivity index (χ1) is 11.5. The highest BCUT2D eigenvalue weighted by Gasteiger charge is 2.35. The number of rotatable bonds is 2. The second kappa shape index (κ2) is 6.52. The van der Waals surface area contributed by atoms with Gasteiger partial charge in [-0.15, -0.1) is 0 Å². The Morgan fingerprint density at radius 2 is 1.92 bits per heavy atom. The van der Waals surface area contributed by atoms with Gasteiger partial charge in [-0.2, -0.15) is 0 Å². The fraction of sp³-hybridized carbons (Fsp3) is 0.294. The van der Waals surface area contributed by atoms with Crippen molar-refractivity contribution in [2.45, 2.75) is 30.9 Å². The fourth-order valence-corrected chi connectivity index (χ4v) is 3.28. The van der Waals surface area contributed by atoms with Crippen LogP contribution < -0.4 is 5.32 Å². The number of pyridine rings is 1. The van der Waals surface area contributed by atoms with Crippen LogP contribution in [-0.2, 0) is 0 Å². The summed E-state index contributed by atoms with van der Waals surface area (Å²) in [5, 5.41) is 21.8. The molecule has 1 aliphatic carbocycles. The SMILES string of the molecule is O=C(O)N[C@@H]1c2cccnc2[C@@H](O)CC[C@@H]1c1cccc(F)c1F. The van der Waals surface area contributed by atoms with Gasteiger partial charge in [-0.05, 0) is 36.1 Å². The van der Waals surface area contributed by atoms with Crippen LogP contribution in [0.15, 0.2) is 36.5 Å². The minimum atomic E-state index is -1.28. The minimum absolute atomic E-state index is 0.0812. The number of halogens is 2. The van der Waals surface area contributed by atoms with Gasteiger partial charge in [0.1, 0.15) is 0 Å². The quantitative estimate of drug-likeness (QED) is 0.736. The first-order valence-electron chi connectivity index (χ1n) is 7.55. The minimum Gasteiger partial charge on any atom is -0.465 e. The number of hydrogen-bond donors (Lipinski definition) is 3. The van der Waals surface area contributed by atoms with Gasteiger partial charge < -0.3 is 15.5 Å². The summed E-state index contributed by atoms with van der Waals surface area (Å²) in [5.41, 5.74) is 0.909. The predicted octanol–water partition coefficient (Wildman–Crippen LogP) is 3.28. The zero-order chi connectivity index (χ0) is 17.3. The third-order valence-corrected chi connectivity index (χ3v) is 4.34. The van der Waals surface area contributed by atoms with Crippen molar-refractivity contribution < 1.29 is 23.8 Å². The van der Waals surface area contributed by atoms with E-state index in [0.717, 1.165) is 6.07 Å². The lowest BCUT2D eigenvalue weighted by atomic mass is 9.85. The number of aromatic nitrogens is 1. The van der Waals surface area contributed by atoms with Crippen LogP contribution in [-0.4, -0.2) is 21.3 Å². The molecule has 1 aromatic heterocycles. The molecule has 0 aliphatic heterocycles. The summed E-state index contributed by atoms with van der Waals surface area (Å²) >= 11 is 0. The Balaban J connectivity index is 2.14. The molecule has 24 heavy (non-hydrogen) atoms. The molecule has 5 nitrogen and oxygen atoms in total. The van der Waals surface area contributed by atoms with Crippen molar-refractivity contribution in [2.75, 3.05) is 0 Å². The highest BCUT2D eigenvalue weighted by molar-refractivity contribution is 5.65. The number of nitrogens with one attached hydrogen (secondary N) is 1. The fourth-order valence-electron chi connectivity index (χ4n) is 3.28. The summed E-state index contributed by atoms with van der Waals surface area (Å²) < 4.78 is 27.9. The summed E-state index contributed by atoms with van der Waals surface area (Å²) in [4.78, 5) is 15.4. The third kappa shape index (κ3) is 2.94. The number of carbonyl (C=O) groups is 1. The number of hydrogen-bond acceptors (Lipinski definition) is 3. The van der Waals surface area contributed by atoms with Crippen molar-refractivity contribution in [1.82, 2.24) is 10.3 Å². The molecule has 0 saturated carbocycles. The number of fused-ring (bicyclic) bond motifs is 1. The Morgan fingerprint density at radius 3 is 2.67 bits per heavy atom. The Bertz CT molecular complexity index is 769. The highest BCUT2D eigenvalue weighted by Crippen LogP contribution is 2.43. The number of aliphatic hydroxyl groups is 1. The maximum atomic E-state index is 14.3. The van der Waals surface area contributed by atoms with Gasteiger partial charge in [-0.25, -0.2) is 13.6 Å². The number of nitrogens with zero attached hydrogens (tertiary/aromatic N) is 1. The van der Waals surface area contributed by atoms with E-state index in [-0.39, 0.29) is 18.4 Å². The summed E-state index contributed by atoms with van der Waals surface area (Å²) in [7, 11) is 0. The van der Waals surface area contributed by atoms with Crippen molar-refractivity contribution in [3.8, 4) is 0 Å². The van der Waals surface area contributed by atoms with E-state index in [1.165, 1.54) is 18.3 Å². The first kappa shape index (κ1) is 16.3. The second-order valence-corrected chi connectivity index (χ2v) is 5.75. The van der Waals surface area contributed by atoms with Gasteiger partial charge in [0, 0.05) is 12.1 Å². The zero-order valence-corrected chi connectivity index (χ0v) is 12.6. The maximum Gasteiger partial charge on any atom is 0.405 e. The van der Waals surface area contributed by atoms with Crippen LogP contribution in [0, 0.1) is 11.6 Å². The van der Waals surface area contributed by atoms with E-state index in [1.54, 1.807) is 12.1 Å². The molecule has 1 aliphatic rings. The van der Waals surface area contributed by atoms with Crippen LogP contribution in [0.25, 0.3) is 0 Å². The lowest BCUT2D eigenvalue weighted by Crippen LogP contribution is -2.32. The van der Waals surface area contributed by atoms with E-state index in [1.807, 2.05) is 0 Å². The van der Waals surface area contributed by atoms with E-state index in [9.17, 15) is 23.8 Å². The highest BCUT2D eigenvalue weighted by atomic mass is 19.2. The molecule has 0 fully saturated rings. The van der Waals surface area contributed by atoms with E-state index >= 15 is 0 Å². The average molecular weight is 334 g/mol. The van der Waals surface area contributed by atoms with Gasteiger partial charge in [0.25, 0.3) is 0 Å². The monoisotopic (exact) mass is 334 g/mol. The van der Waals surface area contributed by atoms with Crippen LogP contribution in [0.3, 0.4) is 0 Å². The molecule has 1 aromatic carbocycles. The molecule has 7 heteroatoms. The number of amides is 1. The average Bonchev–Trinajstić information content (AvgIpc) is 2.69. The van der Waals surface area contributed by atoms with Gasteiger partial charge in [0.05, 0.1) is 17.8 Å². The summed E-state index contributed by atoms with van der Waals surface area (Å²) in [6.45, 7) is 0. The van der Waals surface area contributed by atoms with Crippen molar-refractivity contribution in [3.05, 3.63) is 65.0 Å². The van der Waals surface area contributed by atoms with Crippen LogP contribution in [0.5, 0.6) is 0 Å². The molecular formula is C17H16F2N2O3. The van der Waals surface area contributed by atoms with E-state index in [2.05, 4.69) is 10.3 Å². The van der Waals surface area contributed by atoms with Crippen molar-refractivity contribution in [1.29, 1.82) is 0 Å². The van der Waals surface area contributed by atoms with Gasteiger partial charge >= 0.3 is 6.09 Å². The lowest BCUT2D eigenvalue weighted by molar-refractivity contribution is 0.160. The predicted molar refractivity (Wildman–Crippen MR) is 81.4 cm³/mol. The third-order valence-electron chi connectivity index (χ3n) is 4.34. The summed E-state index contributed by atoms with van der Waals surface area (Å²) in [5.74, 6) is -2.64. The first-order valence-corrected chi connectivity index (χ1v) is 7.55. The van der Waals surface area contributed by atoms with E-state index in [4.69, 9.17) is 0 Å². The van der Waals surface area contributed by atoms with Gasteiger partial charge in [-0.1, -0.05) is 18.2 Å². The van der Waals surface area contributed by atoms with Crippen LogP contribution >= 0.6 is 0 Å². The molecule has 0 radical (unpaired) electrons. The van der Waals surface area contributed by atoms with E-state index in [0.29, 0.717) is 11.3 Å². The number of carboxylic acid groups (broad SMARTS) is 1. The lowest BCUT2D eigenvalue weighted by Gasteiger charge is -2.27. The van der Waals surface area contributed by atoms with Crippen LogP contribution in [0.1, 0.15) is 47.7 Å². The molecule has 1 heterocycles. The molecule has 3 N–H and O–H groups in total. The van der Waals surface area contributed by atoms with Gasteiger partial charge in [-0.3, -0.25) is 4.98 Å². The zero-order valence-electron chi connectivity index (χ0n) is 12.6. The summed E-state index contributed by atoms with van der Waals surface area (Å²) in [6.07, 6.45) is -0.122. The molecular weight excluding hydrogens is 318 g/mol. The van der Waals surface area contributed by atoms with Crippen molar-refractivity contribution >= 4 is 6.09 Å². The molecule has 3 atom stereocenters. The van der Waals surface area contributed by atoms with Crippen molar-refractivity contribution in [3.63, 3.8) is 0 Å². The normalized spacial score (nSPS) is 23.2. The van der Waals surface area contributed by atoms with Crippen molar-refractivity contribution in [2.24, 2.45) is 0 Å². The molecule has 1 amide bonds. The molecule has 0 saturated heterocycles. The van der Waals surface area contributed by atoms with Gasteiger partial charge in [0.2, 0.25) is 0 Å². The molecule has 0 spiro atoms. The van der Waals surface area contributed by atoms with Gasteiger partial charge in [0.15, 0.2) is 11.6 Å². The van der Waals surface area contributed by atoms with Crippen LogP contribution in [0.4, 0.5) is 13.6 Å². The molecule has 3 rings (SSSR count). The topological polar surface area (TPSA) is 82.5 Å². The molecule has 0 unspecified atom stereocenters. The Hall–Kier alpha value is -2.54. The molecule has 126 valence electrons. The molecule has 0 bridgehead atoms.